The van der Waals surface area contributed by atoms with Gasteiger partial charge in [0.15, 0.2) is 6.61 Å². The van der Waals surface area contributed by atoms with Gasteiger partial charge in [-0.1, -0.05) is 30.3 Å². The Labute approximate surface area is 185 Å². The van der Waals surface area contributed by atoms with E-state index in [9.17, 15) is 22.4 Å². The number of ether oxygens (including phenoxy) is 1. The van der Waals surface area contributed by atoms with Gasteiger partial charge in [-0.15, -0.1) is 0 Å². The standard InChI is InChI=1S/C24H20FNO5S/c25-21-9-3-2-8-20(21)23(27)16-31-24(28)18-11-13-19(14-12-18)32(29,30)26-15-5-7-17-6-1-4-10-22(17)26/h1-4,6,8-14H,5,7,15-16H2. The van der Waals surface area contributed by atoms with Crippen LogP contribution < -0.4 is 4.31 Å². The third-order valence-electron chi connectivity index (χ3n) is 5.25. The second-order valence-electron chi connectivity index (χ2n) is 7.31. The fraction of sp³-hybridized carbons (Fsp3) is 0.167. The van der Waals surface area contributed by atoms with E-state index >= 15 is 0 Å². The topological polar surface area (TPSA) is 80.8 Å². The third kappa shape index (κ3) is 4.27. The minimum Gasteiger partial charge on any atom is -0.454 e. The molecule has 0 bridgehead atoms. The molecular formula is C24H20FNO5S. The van der Waals surface area contributed by atoms with Crippen molar-refractivity contribution >= 4 is 27.5 Å². The van der Waals surface area contributed by atoms with Crippen LogP contribution in [0.1, 0.15) is 32.7 Å². The number of hydrogen-bond acceptors (Lipinski definition) is 5. The molecule has 0 fully saturated rings. The summed E-state index contributed by atoms with van der Waals surface area (Å²) < 4.78 is 46.4. The van der Waals surface area contributed by atoms with Crippen molar-refractivity contribution in [3.63, 3.8) is 0 Å². The van der Waals surface area contributed by atoms with Gasteiger partial charge in [0.1, 0.15) is 5.82 Å². The SMILES string of the molecule is O=C(OCC(=O)c1ccccc1F)c1ccc(S(=O)(=O)N2CCCc3ccccc32)cc1. The van der Waals surface area contributed by atoms with Crippen LogP contribution in [0.5, 0.6) is 0 Å². The highest BCUT2D eigenvalue weighted by atomic mass is 32.2. The molecule has 0 atom stereocenters. The maximum Gasteiger partial charge on any atom is 0.338 e. The van der Waals surface area contributed by atoms with E-state index in [2.05, 4.69) is 0 Å². The minimum absolute atomic E-state index is 0.0492. The fourth-order valence-corrected chi connectivity index (χ4v) is 5.16. The highest BCUT2D eigenvalue weighted by molar-refractivity contribution is 7.92. The zero-order valence-electron chi connectivity index (χ0n) is 17.0. The predicted molar refractivity (Wildman–Crippen MR) is 117 cm³/mol. The van der Waals surface area contributed by atoms with E-state index in [1.165, 1.54) is 46.8 Å². The molecule has 0 saturated carbocycles. The zero-order chi connectivity index (χ0) is 22.7. The molecule has 0 unspecified atom stereocenters. The number of carbonyl (C=O) groups excluding carboxylic acids is 2. The number of halogens is 1. The number of aryl methyl sites for hydroxylation is 1. The van der Waals surface area contributed by atoms with Gasteiger partial charge >= 0.3 is 5.97 Å². The molecule has 1 aliphatic heterocycles. The lowest BCUT2D eigenvalue weighted by atomic mass is 10.0. The van der Waals surface area contributed by atoms with E-state index in [-0.39, 0.29) is 16.0 Å². The Morgan fingerprint density at radius 1 is 0.938 bits per heavy atom. The van der Waals surface area contributed by atoms with Gasteiger partial charge in [0.05, 0.1) is 21.7 Å². The number of sulfonamides is 1. The Bertz CT molecular complexity index is 1270. The lowest BCUT2D eigenvalue weighted by Gasteiger charge is -2.30. The van der Waals surface area contributed by atoms with Crippen molar-refractivity contribution in [1.82, 2.24) is 0 Å². The summed E-state index contributed by atoms with van der Waals surface area (Å²) in [6.45, 7) is -0.244. The van der Waals surface area contributed by atoms with Crippen LogP contribution in [0.3, 0.4) is 0 Å². The van der Waals surface area contributed by atoms with E-state index in [0.29, 0.717) is 12.2 Å². The van der Waals surface area contributed by atoms with Crippen molar-refractivity contribution in [2.24, 2.45) is 0 Å². The number of benzene rings is 3. The van der Waals surface area contributed by atoms with E-state index in [0.717, 1.165) is 24.5 Å². The van der Waals surface area contributed by atoms with Gasteiger partial charge in [0.2, 0.25) is 5.78 Å². The zero-order valence-corrected chi connectivity index (χ0v) is 17.8. The number of hydrogen-bond donors (Lipinski definition) is 0. The number of nitrogens with zero attached hydrogens (tertiary/aromatic N) is 1. The number of fused-ring (bicyclic) bond motifs is 1. The number of carbonyl (C=O) groups is 2. The van der Waals surface area contributed by atoms with Crippen molar-refractivity contribution in [1.29, 1.82) is 0 Å². The largest absolute Gasteiger partial charge is 0.454 e. The lowest BCUT2D eigenvalue weighted by Crippen LogP contribution is -2.35. The molecule has 4 rings (SSSR count). The maximum absolute atomic E-state index is 13.7. The number of rotatable bonds is 6. The summed E-state index contributed by atoms with van der Waals surface area (Å²) in [5.74, 6) is -2.16. The second kappa shape index (κ2) is 8.92. The first kappa shape index (κ1) is 21.7. The van der Waals surface area contributed by atoms with Gasteiger partial charge in [0.25, 0.3) is 10.0 Å². The quantitative estimate of drug-likeness (QED) is 0.416. The molecule has 1 heterocycles. The first-order chi connectivity index (χ1) is 15.4. The monoisotopic (exact) mass is 453 g/mol. The van der Waals surface area contributed by atoms with Crippen LogP contribution in [0.25, 0.3) is 0 Å². The Balaban J connectivity index is 1.47. The van der Waals surface area contributed by atoms with Gasteiger partial charge in [0, 0.05) is 6.54 Å². The molecule has 0 N–H and O–H groups in total. The van der Waals surface area contributed by atoms with Crippen LogP contribution in [0, 0.1) is 5.82 Å². The van der Waals surface area contributed by atoms with Crippen LogP contribution in [-0.4, -0.2) is 33.3 Å². The Hall–Kier alpha value is -3.52. The molecule has 164 valence electrons. The summed E-state index contributed by atoms with van der Waals surface area (Å²) in [6, 6.07) is 18.1. The molecular weight excluding hydrogens is 433 g/mol. The summed E-state index contributed by atoms with van der Waals surface area (Å²) in [5, 5.41) is 0. The lowest BCUT2D eigenvalue weighted by molar-refractivity contribution is 0.0473. The van der Waals surface area contributed by atoms with Crippen molar-refractivity contribution in [3.05, 3.63) is 95.3 Å². The first-order valence-corrected chi connectivity index (χ1v) is 11.5. The molecule has 0 saturated heterocycles. The minimum atomic E-state index is -3.80. The van der Waals surface area contributed by atoms with Crippen LogP contribution >= 0.6 is 0 Å². The molecule has 0 radical (unpaired) electrons. The molecule has 3 aromatic rings. The number of ketones is 1. The summed E-state index contributed by atoms with van der Waals surface area (Å²) >= 11 is 0. The average molecular weight is 453 g/mol. The summed E-state index contributed by atoms with van der Waals surface area (Å²) in [6.07, 6.45) is 1.54. The van der Waals surface area contributed by atoms with Crippen LogP contribution in [-0.2, 0) is 21.2 Å². The van der Waals surface area contributed by atoms with Gasteiger partial charge in [-0.3, -0.25) is 9.10 Å². The van der Waals surface area contributed by atoms with Crippen molar-refractivity contribution in [3.8, 4) is 0 Å². The fourth-order valence-electron chi connectivity index (χ4n) is 3.62. The van der Waals surface area contributed by atoms with E-state index in [4.69, 9.17) is 4.74 Å². The molecule has 1 aliphatic rings. The summed E-state index contributed by atoms with van der Waals surface area (Å²) in [4.78, 5) is 24.4. The smallest absolute Gasteiger partial charge is 0.338 e. The van der Waals surface area contributed by atoms with Crippen LogP contribution in [0.2, 0.25) is 0 Å². The molecule has 3 aromatic carbocycles. The highest BCUT2D eigenvalue weighted by Gasteiger charge is 2.29. The number of anilines is 1. The van der Waals surface area contributed by atoms with Crippen molar-refractivity contribution in [2.75, 3.05) is 17.5 Å². The first-order valence-electron chi connectivity index (χ1n) is 10.0. The molecule has 0 spiro atoms. The normalized spacial score (nSPS) is 13.3. The molecule has 0 amide bonds. The molecule has 32 heavy (non-hydrogen) atoms. The number of Topliss-reactive ketones (excluding diaryl/α,β-unsaturated/α-hetero) is 1. The van der Waals surface area contributed by atoms with E-state index < -0.39 is 34.2 Å². The van der Waals surface area contributed by atoms with E-state index in [1.54, 1.807) is 12.1 Å². The average Bonchev–Trinajstić information content (AvgIpc) is 2.82. The molecule has 8 heteroatoms. The molecule has 6 nitrogen and oxygen atoms in total. The Morgan fingerprint density at radius 2 is 1.62 bits per heavy atom. The number of para-hydroxylation sites is 1. The molecule has 0 aliphatic carbocycles. The Morgan fingerprint density at radius 3 is 2.38 bits per heavy atom. The van der Waals surface area contributed by atoms with E-state index in [1.807, 2.05) is 12.1 Å². The van der Waals surface area contributed by atoms with Gasteiger partial charge < -0.3 is 4.74 Å². The highest BCUT2D eigenvalue weighted by Crippen LogP contribution is 2.31. The summed E-state index contributed by atoms with van der Waals surface area (Å²) in [5.41, 5.74) is 1.56. The van der Waals surface area contributed by atoms with Crippen LogP contribution in [0.15, 0.2) is 77.7 Å². The maximum atomic E-state index is 13.7. The van der Waals surface area contributed by atoms with Crippen molar-refractivity contribution in [2.45, 2.75) is 17.7 Å². The van der Waals surface area contributed by atoms with Gasteiger partial charge in [-0.2, -0.15) is 0 Å². The van der Waals surface area contributed by atoms with Gasteiger partial charge in [-0.25, -0.2) is 17.6 Å². The summed E-state index contributed by atoms with van der Waals surface area (Å²) in [7, 11) is -3.80. The third-order valence-corrected chi connectivity index (χ3v) is 7.08. The number of esters is 1. The second-order valence-corrected chi connectivity index (χ2v) is 9.18. The Kier molecular flexibility index (Phi) is 6.05. The predicted octanol–water partition coefficient (Wildman–Crippen LogP) is 4.01. The van der Waals surface area contributed by atoms with Crippen LogP contribution in [0.4, 0.5) is 10.1 Å². The van der Waals surface area contributed by atoms with Crippen molar-refractivity contribution < 1.29 is 27.1 Å². The molecule has 0 aromatic heterocycles. The van der Waals surface area contributed by atoms with Gasteiger partial charge in [-0.05, 0) is 60.9 Å².